The van der Waals surface area contributed by atoms with Crippen molar-refractivity contribution in [3.8, 4) is 0 Å². The maximum atomic E-state index is 12.0. The maximum Gasteiger partial charge on any atom is 0.353 e. The molecule has 1 aromatic rings. The molecule has 0 bridgehead atoms. The Morgan fingerprint density at radius 1 is 1.29 bits per heavy atom. The molecule has 2 aliphatic rings. The molecule has 0 spiro atoms. The molecule has 7 nitrogen and oxygen atoms in total. The molecule has 2 heterocycles. The summed E-state index contributed by atoms with van der Waals surface area (Å²) in [7, 11) is 0. The lowest BCUT2D eigenvalue weighted by Gasteiger charge is -2.23. The Labute approximate surface area is 122 Å². The largest absolute Gasteiger partial charge is 0.353 e. The number of hydrogen-bond donors (Lipinski definition) is 1. The molecule has 2 aliphatic heterocycles. The zero-order valence-electron chi connectivity index (χ0n) is 11.7. The van der Waals surface area contributed by atoms with Gasteiger partial charge < -0.3 is 15.1 Å². The molecule has 7 heteroatoms. The second kappa shape index (κ2) is 5.08. The summed E-state index contributed by atoms with van der Waals surface area (Å²) < 4.78 is 0. The Bertz CT molecular complexity index is 614. The molecular formula is C14H16N4O3. The third-order valence-electron chi connectivity index (χ3n) is 3.94. The lowest BCUT2D eigenvalue weighted by atomic mass is 10.2. The average molecular weight is 288 g/mol. The second-order valence-corrected chi connectivity index (χ2v) is 5.12. The third kappa shape index (κ3) is 2.20. The fourth-order valence-electron chi connectivity index (χ4n) is 2.79. The van der Waals surface area contributed by atoms with Crippen LogP contribution in [0.3, 0.4) is 0 Å². The number of nitrogens with zero attached hydrogens (tertiary/aromatic N) is 3. The first-order valence-corrected chi connectivity index (χ1v) is 6.83. The zero-order valence-corrected chi connectivity index (χ0v) is 11.7. The zero-order chi connectivity index (χ0) is 15.0. The third-order valence-corrected chi connectivity index (χ3v) is 3.94. The molecule has 1 fully saturated rings. The van der Waals surface area contributed by atoms with E-state index in [9.17, 15) is 14.9 Å². The van der Waals surface area contributed by atoms with Gasteiger partial charge in [0.15, 0.2) is 5.82 Å². The fourth-order valence-corrected chi connectivity index (χ4v) is 2.79. The molecule has 1 atom stereocenters. The van der Waals surface area contributed by atoms with Crippen LogP contribution in [0.15, 0.2) is 41.8 Å². The minimum Gasteiger partial charge on any atom is -0.352 e. The SMILES string of the molecule is CC1C(=O)C([N+](=O)[O-])=C2NCN(c3ccccc3)CCN21. The van der Waals surface area contributed by atoms with E-state index in [1.54, 1.807) is 11.8 Å². The van der Waals surface area contributed by atoms with Crippen molar-refractivity contribution in [1.82, 2.24) is 10.2 Å². The predicted molar refractivity (Wildman–Crippen MR) is 77.0 cm³/mol. The van der Waals surface area contributed by atoms with Gasteiger partial charge in [-0.05, 0) is 19.1 Å². The normalized spacial score (nSPS) is 22.0. The van der Waals surface area contributed by atoms with E-state index >= 15 is 0 Å². The number of anilines is 1. The molecule has 1 aromatic carbocycles. The molecule has 0 saturated carbocycles. The number of ketones is 1. The molecule has 3 rings (SSSR count). The first-order chi connectivity index (χ1) is 10.1. The van der Waals surface area contributed by atoms with Crippen LogP contribution >= 0.6 is 0 Å². The van der Waals surface area contributed by atoms with Gasteiger partial charge in [-0.1, -0.05) is 18.2 Å². The summed E-state index contributed by atoms with van der Waals surface area (Å²) in [5.41, 5.74) is 0.728. The first kappa shape index (κ1) is 13.4. The van der Waals surface area contributed by atoms with Crippen LogP contribution in [-0.2, 0) is 4.79 Å². The smallest absolute Gasteiger partial charge is 0.352 e. The molecule has 1 unspecified atom stereocenters. The van der Waals surface area contributed by atoms with E-state index in [2.05, 4.69) is 10.2 Å². The molecule has 0 amide bonds. The van der Waals surface area contributed by atoms with Crippen molar-refractivity contribution < 1.29 is 9.72 Å². The Morgan fingerprint density at radius 2 is 2.00 bits per heavy atom. The van der Waals surface area contributed by atoms with E-state index in [1.807, 2.05) is 30.3 Å². The van der Waals surface area contributed by atoms with Crippen LogP contribution in [0.25, 0.3) is 0 Å². The van der Waals surface area contributed by atoms with Crippen molar-refractivity contribution in [3.63, 3.8) is 0 Å². The van der Waals surface area contributed by atoms with E-state index in [0.717, 1.165) is 5.69 Å². The van der Waals surface area contributed by atoms with Gasteiger partial charge in [0.25, 0.3) is 5.78 Å². The van der Waals surface area contributed by atoms with Gasteiger partial charge in [-0.3, -0.25) is 14.9 Å². The Morgan fingerprint density at radius 3 is 2.67 bits per heavy atom. The van der Waals surface area contributed by atoms with Crippen LogP contribution in [0.5, 0.6) is 0 Å². The summed E-state index contributed by atoms with van der Waals surface area (Å²) in [6.45, 7) is 3.41. The second-order valence-electron chi connectivity index (χ2n) is 5.12. The standard InChI is InChI=1S/C14H16N4O3/c1-10-13(19)12(18(20)21)14-15-9-16(7-8-17(10)14)11-5-3-2-4-6-11/h2-6,10,15H,7-9H2,1H3. The topological polar surface area (TPSA) is 78.7 Å². The number of carbonyl (C=O) groups is 1. The maximum absolute atomic E-state index is 12.0. The number of benzene rings is 1. The molecule has 0 aromatic heterocycles. The van der Waals surface area contributed by atoms with Gasteiger partial charge in [0.05, 0.1) is 17.6 Å². The van der Waals surface area contributed by atoms with Gasteiger partial charge in [0.2, 0.25) is 0 Å². The fraction of sp³-hybridized carbons (Fsp3) is 0.357. The average Bonchev–Trinajstić information content (AvgIpc) is 2.65. The quantitative estimate of drug-likeness (QED) is 0.640. The van der Waals surface area contributed by atoms with Crippen LogP contribution < -0.4 is 10.2 Å². The van der Waals surface area contributed by atoms with E-state index in [1.165, 1.54) is 0 Å². The summed E-state index contributed by atoms with van der Waals surface area (Å²) in [5.74, 6) is -0.0772. The summed E-state index contributed by atoms with van der Waals surface area (Å²) in [6, 6.07) is 9.36. The molecule has 1 N–H and O–H groups in total. The number of rotatable bonds is 2. The summed E-state index contributed by atoms with van der Waals surface area (Å²) >= 11 is 0. The lowest BCUT2D eigenvalue weighted by molar-refractivity contribution is -0.419. The highest BCUT2D eigenvalue weighted by molar-refractivity contribution is 6.00. The minimum atomic E-state index is -0.584. The van der Waals surface area contributed by atoms with Gasteiger partial charge in [-0.25, -0.2) is 0 Å². The number of para-hydroxylation sites is 1. The van der Waals surface area contributed by atoms with Crippen molar-refractivity contribution in [2.45, 2.75) is 13.0 Å². The van der Waals surface area contributed by atoms with Crippen LogP contribution in [0.1, 0.15) is 6.92 Å². The van der Waals surface area contributed by atoms with Crippen molar-refractivity contribution in [2.24, 2.45) is 0 Å². The van der Waals surface area contributed by atoms with Gasteiger partial charge in [-0.2, -0.15) is 0 Å². The van der Waals surface area contributed by atoms with E-state index in [0.29, 0.717) is 25.6 Å². The predicted octanol–water partition coefficient (Wildman–Crippen LogP) is 0.773. The lowest BCUT2D eigenvalue weighted by Crippen LogP contribution is -2.36. The number of carbonyl (C=O) groups excluding carboxylic acids is 1. The molecular weight excluding hydrogens is 272 g/mol. The van der Waals surface area contributed by atoms with Gasteiger partial charge >= 0.3 is 5.70 Å². The molecule has 21 heavy (non-hydrogen) atoms. The van der Waals surface area contributed by atoms with E-state index in [4.69, 9.17) is 0 Å². The van der Waals surface area contributed by atoms with E-state index < -0.39 is 16.7 Å². The molecule has 0 radical (unpaired) electrons. The molecule has 0 aliphatic carbocycles. The number of fused-ring (bicyclic) bond motifs is 1. The summed E-state index contributed by atoms with van der Waals surface area (Å²) in [5, 5.41) is 14.2. The van der Waals surface area contributed by atoms with E-state index in [-0.39, 0.29) is 5.70 Å². The highest BCUT2D eigenvalue weighted by Gasteiger charge is 2.45. The van der Waals surface area contributed by atoms with Crippen LogP contribution in [0.2, 0.25) is 0 Å². The number of Topliss-reactive ketones (excluding diaryl/α,β-unsaturated/α-hetero) is 1. The van der Waals surface area contributed by atoms with Gasteiger partial charge in [-0.15, -0.1) is 0 Å². The molecule has 110 valence electrons. The van der Waals surface area contributed by atoms with Crippen molar-refractivity contribution in [2.75, 3.05) is 24.7 Å². The number of hydrogen-bond acceptors (Lipinski definition) is 6. The van der Waals surface area contributed by atoms with Crippen LogP contribution in [0.4, 0.5) is 5.69 Å². The van der Waals surface area contributed by atoms with Crippen molar-refractivity contribution in [3.05, 3.63) is 52.0 Å². The molecule has 1 saturated heterocycles. The van der Waals surface area contributed by atoms with Crippen molar-refractivity contribution in [1.29, 1.82) is 0 Å². The Kier molecular flexibility index (Phi) is 3.25. The van der Waals surface area contributed by atoms with Crippen LogP contribution in [0, 0.1) is 10.1 Å². The Hall–Kier alpha value is -2.57. The number of nitrogens with one attached hydrogen (secondary N) is 1. The highest BCUT2D eigenvalue weighted by Crippen LogP contribution is 2.26. The van der Waals surface area contributed by atoms with Crippen LogP contribution in [-0.4, -0.2) is 41.4 Å². The number of nitro groups is 1. The summed E-state index contributed by atoms with van der Waals surface area (Å²) in [6.07, 6.45) is 0. The monoisotopic (exact) mass is 288 g/mol. The highest BCUT2D eigenvalue weighted by atomic mass is 16.6. The minimum absolute atomic E-state index is 0.322. The first-order valence-electron chi connectivity index (χ1n) is 6.83. The summed E-state index contributed by atoms with van der Waals surface area (Å²) in [4.78, 5) is 26.4. The van der Waals surface area contributed by atoms with Gasteiger partial charge in [0, 0.05) is 18.8 Å². The van der Waals surface area contributed by atoms with Gasteiger partial charge in [0.1, 0.15) is 0 Å². The Balaban J connectivity index is 1.89. The van der Waals surface area contributed by atoms with Crippen molar-refractivity contribution >= 4 is 11.5 Å².